The summed E-state index contributed by atoms with van der Waals surface area (Å²) in [4.78, 5) is 27.6. The molecule has 2 rings (SSSR count). The van der Waals surface area contributed by atoms with Gasteiger partial charge in [0.25, 0.3) is 0 Å². The van der Waals surface area contributed by atoms with Crippen LogP contribution in [0.4, 0.5) is 10.1 Å². The molecule has 8 nitrogen and oxygen atoms in total. The van der Waals surface area contributed by atoms with E-state index in [2.05, 4.69) is 5.32 Å². The number of sulfonamides is 1. The molecule has 34 heavy (non-hydrogen) atoms. The Balaban J connectivity index is 2.41. The zero-order valence-corrected chi connectivity index (χ0v) is 20.9. The standard InChI is InChI=1S/C24H32FN3O5S/c1-6-17(2)26-24(30)18(3)27(15-19-10-9-11-20(14-19)33-4)23(29)16-28(34(5,31)32)22-13-8-7-12-21(22)25/h7-14,17-18H,6,15-16H2,1-5H3,(H,26,30)/t17-,18+/m0/s1. The molecule has 0 aliphatic rings. The monoisotopic (exact) mass is 493 g/mol. The summed E-state index contributed by atoms with van der Waals surface area (Å²) < 4.78 is 45.3. The lowest BCUT2D eigenvalue weighted by Gasteiger charge is -2.32. The van der Waals surface area contributed by atoms with Crippen LogP contribution >= 0.6 is 0 Å². The van der Waals surface area contributed by atoms with Crippen molar-refractivity contribution in [2.45, 2.75) is 45.8 Å². The second-order valence-corrected chi connectivity index (χ2v) is 9.99. The molecule has 0 radical (unpaired) electrons. The Bertz CT molecular complexity index is 1110. The van der Waals surface area contributed by atoms with Crippen LogP contribution in [0.25, 0.3) is 0 Å². The smallest absolute Gasteiger partial charge is 0.244 e. The SMILES string of the molecule is CC[C@H](C)NC(=O)[C@@H](C)N(Cc1cccc(OC)c1)C(=O)CN(c1ccccc1F)S(C)(=O)=O. The molecule has 2 atom stereocenters. The van der Waals surface area contributed by atoms with Gasteiger partial charge in [-0.2, -0.15) is 0 Å². The summed E-state index contributed by atoms with van der Waals surface area (Å²) in [5.74, 6) is -1.22. The van der Waals surface area contributed by atoms with E-state index in [0.29, 0.717) is 22.0 Å². The highest BCUT2D eigenvalue weighted by atomic mass is 32.2. The highest BCUT2D eigenvalue weighted by molar-refractivity contribution is 7.92. The van der Waals surface area contributed by atoms with Gasteiger partial charge in [-0.25, -0.2) is 12.8 Å². The number of nitrogens with zero attached hydrogens (tertiary/aromatic N) is 2. The maximum atomic E-state index is 14.4. The summed E-state index contributed by atoms with van der Waals surface area (Å²) in [5.41, 5.74) is 0.448. The molecule has 0 aliphatic carbocycles. The highest BCUT2D eigenvalue weighted by Crippen LogP contribution is 2.22. The van der Waals surface area contributed by atoms with Crippen molar-refractivity contribution in [3.05, 3.63) is 59.9 Å². The first-order chi connectivity index (χ1) is 16.0. The number of anilines is 1. The lowest BCUT2D eigenvalue weighted by atomic mass is 10.1. The molecule has 186 valence electrons. The summed E-state index contributed by atoms with van der Waals surface area (Å²) in [5, 5.41) is 2.85. The predicted octanol–water partition coefficient (Wildman–Crippen LogP) is 2.93. The molecule has 0 saturated carbocycles. The van der Waals surface area contributed by atoms with Crippen LogP contribution in [-0.4, -0.2) is 57.1 Å². The van der Waals surface area contributed by atoms with E-state index >= 15 is 0 Å². The minimum absolute atomic E-state index is 0.0278. The van der Waals surface area contributed by atoms with Crippen molar-refractivity contribution in [1.29, 1.82) is 0 Å². The number of carbonyl (C=O) groups is 2. The number of methoxy groups -OCH3 is 1. The molecule has 10 heteroatoms. The van der Waals surface area contributed by atoms with Crippen molar-refractivity contribution < 1.29 is 27.1 Å². The van der Waals surface area contributed by atoms with Crippen LogP contribution in [0.2, 0.25) is 0 Å². The topological polar surface area (TPSA) is 96.0 Å². The van der Waals surface area contributed by atoms with E-state index in [9.17, 15) is 22.4 Å². The maximum absolute atomic E-state index is 14.4. The zero-order valence-electron chi connectivity index (χ0n) is 20.1. The number of hydrogen-bond acceptors (Lipinski definition) is 5. The van der Waals surface area contributed by atoms with Gasteiger partial charge in [-0.3, -0.25) is 13.9 Å². The second kappa shape index (κ2) is 11.8. The van der Waals surface area contributed by atoms with Gasteiger partial charge in [-0.1, -0.05) is 31.2 Å². The summed E-state index contributed by atoms with van der Waals surface area (Å²) in [6.07, 6.45) is 1.61. The van der Waals surface area contributed by atoms with E-state index in [-0.39, 0.29) is 24.2 Å². The summed E-state index contributed by atoms with van der Waals surface area (Å²) >= 11 is 0. The van der Waals surface area contributed by atoms with Gasteiger partial charge in [0.05, 0.1) is 19.1 Å². The number of ether oxygens (including phenoxy) is 1. The minimum Gasteiger partial charge on any atom is -0.497 e. The molecule has 1 N–H and O–H groups in total. The molecular formula is C24H32FN3O5S. The number of nitrogens with one attached hydrogen (secondary N) is 1. The zero-order chi connectivity index (χ0) is 25.5. The Hall–Kier alpha value is -3.14. The Morgan fingerprint density at radius 3 is 2.38 bits per heavy atom. The number of rotatable bonds is 11. The van der Waals surface area contributed by atoms with Gasteiger partial charge in [0.15, 0.2) is 0 Å². The number of amides is 2. The van der Waals surface area contributed by atoms with Crippen molar-refractivity contribution in [1.82, 2.24) is 10.2 Å². The Kier molecular flexibility index (Phi) is 9.43. The van der Waals surface area contributed by atoms with Crippen molar-refractivity contribution in [3.63, 3.8) is 0 Å². The minimum atomic E-state index is -4.00. The van der Waals surface area contributed by atoms with Gasteiger partial charge in [0.2, 0.25) is 21.8 Å². The molecule has 0 fully saturated rings. The fraction of sp³-hybridized carbons (Fsp3) is 0.417. The molecule has 2 aromatic rings. The molecule has 0 spiro atoms. The third-order valence-electron chi connectivity index (χ3n) is 5.46. The van der Waals surface area contributed by atoms with E-state index in [4.69, 9.17) is 4.74 Å². The largest absolute Gasteiger partial charge is 0.497 e. The Morgan fingerprint density at radius 1 is 1.12 bits per heavy atom. The van der Waals surface area contributed by atoms with Gasteiger partial charge in [0.1, 0.15) is 24.2 Å². The van der Waals surface area contributed by atoms with E-state index in [1.807, 2.05) is 13.8 Å². The number of carbonyl (C=O) groups excluding carboxylic acids is 2. The molecule has 0 unspecified atom stereocenters. The number of halogens is 1. The number of para-hydroxylation sites is 1. The lowest BCUT2D eigenvalue weighted by molar-refractivity contribution is -0.139. The van der Waals surface area contributed by atoms with Crippen LogP contribution in [0.15, 0.2) is 48.5 Å². The molecule has 0 heterocycles. The van der Waals surface area contributed by atoms with Gasteiger partial charge in [-0.05, 0) is 50.1 Å². The van der Waals surface area contributed by atoms with Gasteiger partial charge in [-0.15, -0.1) is 0 Å². The first kappa shape index (κ1) is 27.1. The van der Waals surface area contributed by atoms with E-state index in [0.717, 1.165) is 12.3 Å². The Labute approximate surface area is 200 Å². The summed E-state index contributed by atoms with van der Waals surface area (Å²) in [6.45, 7) is 4.71. The fourth-order valence-electron chi connectivity index (χ4n) is 3.26. The van der Waals surface area contributed by atoms with Crippen LogP contribution in [0, 0.1) is 5.82 Å². The molecule has 2 amide bonds. The second-order valence-electron chi connectivity index (χ2n) is 8.09. The van der Waals surface area contributed by atoms with Gasteiger partial charge < -0.3 is 15.0 Å². The van der Waals surface area contributed by atoms with E-state index in [1.54, 1.807) is 31.2 Å². The maximum Gasteiger partial charge on any atom is 0.244 e. The molecule has 2 aromatic carbocycles. The Morgan fingerprint density at radius 2 is 1.79 bits per heavy atom. The quantitative estimate of drug-likeness (QED) is 0.519. The van der Waals surface area contributed by atoms with Crippen molar-refractivity contribution >= 4 is 27.5 Å². The molecule has 0 aromatic heterocycles. The van der Waals surface area contributed by atoms with Crippen LogP contribution in [0.3, 0.4) is 0 Å². The van der Waals surface area contributed by atoms with Crippen molar-refractivity contribution in [3.8, 4) is 5.75 Å². The van der Waals surface area contributed by atoms with E-state index < -0.39 is 34.3 Å². The summed E-state index contributed by atoms with van der Waals surface area (Å²) in [6, 6.07) is 11.3. The van der Waals surface area contributed by atoms with Gasteiger partial charge in [0, 0.05) is 12.6 Å². The van der Waals surface area contributed by atoms with Crippen LogP contribution in [-0.2, 0) is 26.2 Å². The average Bonchev–Trinajstić information content (AvgIpc) is 2.80. The molecule has 0 aliphatic heterocycles. The van der Waals surface area contributed by atoms with Crippen LogP contribution < -0.4 is 14.4 Å². The lowest BCUT2D eigenvalue weighted by Crippen LogP contribution is -2.52. The van der Waals surface area contributed by atoms with Gasteiger partial charge >= 0.3 is 0 Å². The first-order valence-corrected chi connectivity index (χ1v) is 12.8. The van der Waals surface area contributed by atoms with E-state index in [1.165, 1.54) is 30.2 Å². The molecule has 0 saturated heterocycles. The normalized spacial score (nSPS) is 13.0. The first-order valence-electron chi connectivity index (χ1n) is 10.9. The number of benzene rings is 2. The molecule has 0 bridgehead atoms. The number of hydrogen-bond donors (Lipinski definition) is 1. The fourth-order valence-corrected chi connectivity index (χ4v) is 4.11. The highest BCUT2D eigenvalue weighted by Gasteiger charge is 2.31. The molecular weight excluding hydrogens is 461 g/mol. The summed E-state index contributed by atoms with van der Waals surface area (Å²) in [7, 11) is -2.48. The third-order valence-corrected chi connectivity index (χ3v) is 6.58. The predicted molar refractivity (Wildman–Crippen MR) is 129 cm³/mol. The average molecular weight is 494 g/mol. The third kappa shape index (κ3) is 7.18. The van der Waals surface area contributed by atoms with Crippen molar-refractivity contribution in [2.75, 3.05) is 24.2 Å². The van der Waals surface area contributed by atoms with Crippen LogP contribution in [0.1, 0.15) is 32.8 Å². The van der Waals surface area contributed by atoms with Crippen molar-refractivity contribution in [2.24, 2.45) is 0 Å². The van der Waals surface area contributed by atoms with Crippen LogP contribution in [0.5, 0.6) is 5.75 Å².